The maximum atomic E-state index is 11.3. The summed E-state index contributed by atoms with van der Waals surface area (Å²) in [5.41, 5.74) is 5.11. The van der Waals surface area contributed by atoms with E-state index in [9.17, 15) is 14.7 Å². The standard InChI is InChI=1S/C15H22N2O3/c1-14(2,13(19)20)15(3,4)17-9-10-5-7-11(8-6-10)12(16)18/h5-8,17H,9H2,1-4H3,(H2,16,18)(H,19,20). The largest absolute Gasteiger partial charge is 0.481 e. The van der Waals surface area contributed by atoms with E-state index in [1.807, 2.05) is 13.8 Å². The van der Waals surface area contributed by atoms with Gasteiger partial charge in [-0.05, 0) is 45.4 Å². The molecule has 1 aromatic carbocycles. The fourth-order valence-corrected chi connectivity index (χ4v) is 1.60. The molecule has 0 aliphatic heterocycles. The van der Waals surface area contributed by atoms with Crippen LogP contribution in [-0.2, 0) is 11.3 Å². The second-order valence-electron chi connectivity index (χ2n) is 5.97. The summed E-state index contributed by atoms with van der Waals surface area (Å²) in [6.07, 6.45) is 0. The molecule has 0 bridgehead atoms. The van der Waals surface area contributed by atoms with Crippen LogP contribution in [-0.4, -0.2) is 22.5 Å². The Kier molecular flexibility index (Phi) is 4.55. The molecule has 0 aliphatic carbocycles. The quantitative estimate of drug-likeness (QED) is 0.739. The second kappa shape index (κ2) is 5.63. The molecule has 110 valence electrons. The Labute approximate surface area is 119 Å². The van der Waals surface area contributed by atoms with Crippen LogP contribution in [0.2, 0.25) is 0 Å². The van der Waals surface area contributed by atoms with Crippen LogP contribution in [0, 0.1) is 5.41 Å². The van der Waals surface area contributed by atoms with Crippen LogP contribution in [0.5, 0.6) is 0 Å². The molecule has 4 N–H and O–H groups in total. The fourth-order valence-electron chi connectivity index (χ4n) is 1.60. The van der Waals surface area contributed by atoms with Gasteiger partial charge in [0.2, 0.25) is 5.91 Å². The minimum Gasteiger partial charge on any atom is -0.481 e. The van der Waals surface area contributed by atoms with Crippen molar-refractivity contribution in [1.29, 1.82) is 0 Å². The van der Waals surface area contributed by atoms with Gasteiger partial charge in [-0.15, -0.1) is 0 Å². The number of rotatable bonds is 6. The molecule has 0 fully saturated rings. The van der Waals surface area contributed by atoms with E-state index in [-0.39, 0.29) is 0 Å². The SMILES string of the molecule is CC(C)(NCc1ccc(C(N)=O)cc1)C(C)(C)C(=O)O. The summed E-state index contributed by atoms with van der Waals surface area (Å²) in [5.74, 6) is -1.31. The van der Waals surface area contributed by atoms with Crippen LogP contribution < -0.4 is 11.1 Å². The van der Waals surface area contributed by atoms with E-state index in [0.717, 1.165) is 5.56 Å². The summed E-state index contributed by atoms with van der Waals surface area (Å²) in [4.78, 5) is 22.3. The first kappa shape index (κ1) is 16.2. The van der Waals surface area contributed by atoms with Gasteiger partial charge in [-0.3, -0.25) is 9.59 Å². The Morgan fingerprint density at radius 3 is 2.05 bits per heavy atom. The normalized spacial score (nSPS) is 12.2. The lowest BCUT2D eigenvalue weighted by molar-refractivity contribution is -0.151. The molecular formula is C15H22N2O3. The second-order valence-corrected chi connectivity index (χ2v) is 5.97. The number of hydrogen-bond acceptors (Lipinski definition) is 3. The highest BCUT2D eigenvalue weighted by molar-refractivity contribution is 5.92. The monoisotopic (exact) mass is 278 g/mol. The van der Waals surface area contributed by atoms with Crippen LogP contribution in [0.4, 0.5) is 0 Å². The van der Waals surface area contributed by atoms with Crippen LogP contribution in [0.3, 0.4) is 0 Å². The zero-order chi connectivity index (χ0) is 15.6. The number of aliphatic carboxylic acids is 1. The summed E-state index contributed by atoms with van der Waals surface area (Å²) >= 11 is 0. The molecule has 0 unspecified atom stereocenters. The molecule has 1 aromatic rings. The Balaban J connectivity index is 2.76. The number of carbonyl (C=O) groups excluding carboxylic acids is 1. The number of nitrogens with two attached hydrogens (primary N) is 1. The highest BCUT2D eigenvalue weighted by Gasteiger charge is 2.42. The minimum atomic E-state index is -0.903. The van der Waals surface area contributed by atoms with Crippen LogP contribution >= 0.6 is 0 Å². The van der Waals surface area contributed by atoms with Crippen molar-refractivity contribution in [3.05, 3.63) is 35.4 Å². The molecule has 0 atom stereocenters. The Bertz CT molecular complexity index is 504. The number of carboxylic acids is 1. The number of nitrogens with one attached hydrogen (secondary N) is 1. The lowest BCUT2D eigenvalue weighted by atomic mass is 9.74. The van der Waals surface area contributed by atoms with Gasteiger partial charge in [-0.2, -0.15) is 0 Å². The van der Waals surface area contributed by atoms with Gasteiger partial charge in [-0.1, -0.05) is 12.1 Å². The maximum absolute atomic E-state index is 11.3. The van der Waals surface area contributed by atoms with Crippen LogP contribution in [0.25, 0.3) is 0 Å². The zero-order valence-corrected chi connectivity index (χ0v) is 12.4. The third-order valence-corrected chi connectivity index (χ3v) is 4.07. The predicted octanol–water partition coefficient (Wildman–Crippen LogP) is 1.76. The molecule has 0 heterocycles. The molecule has 0 saturated heterocycles. The van der Waals surface area contributed by atoms with E-state index in [2.05, 4.69) is 5.32 Å². The van der Waals surface area contributed by atoms with Crippen LogP contribution in [0.1, 0.15) is 43.6 Å². The summed E-state index contributed by atoms with van der Waals surface area (Å²) < 4.78 is 0. The number of carbonyl (C=O) groups is 2. The first-order valence-electron chi connectivity index (χ1n) is 6.45. The first-order chi connectivity index (χ1) is 9.08. The lowest BCUT2D eigenvalue weighted by Gasteiger charge is -2.39. The lowest BCUT2D eigenvalue weighted by Crippen LogP contribution is -2.54. The number of primary amides is 1. The van der Waals surface area contributed by atoms with Crippen LogP contribution in [0.15, 0.2) is 24.3 Å². The Morgan fingerprint density at radius 1 is 1.15 bits per heavy atom. The van der Waals surface area contributed by atoms with E-state index in [1.54, 1.807) is 38.1 Å². The average molecular weight is 278 g/mol. The topological polar surface area (TPSA) is 92.4 Å². The first-order valence-corrected chi connectivity index (χ1v) is 6.45. The molecule has 20 heavy (non-hydrogen) atoms. The summed E-state index contributed by atoms with van der Waals surface area (Å²) in [6, 6.07) is 6.93. The molecule has 0 aliphatic rings. The smallest absolute Gasteiger partial charge is 0.310 e. The zero-order valence-electron chi connectivity index (χ0n) is 12.4. The van der Waals surface area contributed by atoms with Gasteiger partial charge in [0.1, 0.15) is 0 Å². The van der Waals surface area contributed by atoms with Crippen molar-refractivity contribution in [2.24, 2.45) is 11.1 Å². The molecule has 0 aromatic heterocycles. The van der Waals surface area contributed by atoms with Gasteiger partial charge in [0.15, 0.2) is 0 Å². The third kappa shape index (κ3) is 3.36. The Morgan fingerprint density at radius 2 is 1.65 bits per heavy atom. The summed E-state index contributed by atoms with van der Waals surface area (Å²) in [5, 5.41) is 12.5. The molecular weight excluding hydrogens is 256 g/mol. The van der Waals surface area contributed by atoms with Gasteiger partial charge in [-0.25, -0.2) is 0 Å². The van der Waals surface area contributed by atoms with Crippen molar-refractivity contribution in [3.63, 3.8) is 0 Å². The highest BCUT2D eigenvalue weighted by Crippen LogP contribution is 2.30. The van der Waals surface area contributed by atoms with Crippen molar-refractivity contribution in [2.45, 2.75) is 39.8 Å². The molecule has 1 rings (SSSR count). The molecule has 0 spiro atoms. The summed E-state index contributed by atoms with van der Waals surface area (Å²) in [6.45, 7) is 7.62. The predicted molar refractivity (Wildman–Crippen MR) is 77.3 cm³/mol. The number of hydrogen-bond donors (Lipinski definition) is 3. The van der Waals surface area contributed by atoms with E-state index in [4.69, 9.17) is 5.73 Å². The molecule has 1 amide bonds. The number of benzene rings is 1. The van der Waals surface area contributed by atoms with E-state index in [1.165, 1.54) is 0 Å². The van der Waals surface area contributed by atoms with Gasteiger partial charge in [0.05, 0.1) is 5.41 Å². The van der Waals surface area contributed by atoms with E-state index < -0.39 is 22.8 Å². The maximum Gasteiger partial charge on any atom is 0.310 e. The number of amides is 1. The van der Waals surface area contributed by atoms with Crippen molar-refractivity contribution in [1.82, 2.24) is 5.32 Å². The van der Waals surface area contributed by atoms with Gasteiger partial charge in [0, 0.05) is 17.6 Å². The number of carboxylic acid groups (broad SMARTS) is 1. The van der Waals surface area contributed by atoms with Crippen molar-refractivity contribution >= 4 is 11.9 Å². The van der Waals surface area contributed by atoms with Crippen molar-refractivity contribution in [3.8, 4) is 0 Å². The van der Waals surface area contributed by atoms with Gasteiger partial charge >= 0.3 is 5.97 Å². The van der Waals surface area contributed by atoms with E-state index in [0.29, 0.717) is 12.1 Å². The van der Waals surface area contributed by atoms with Crippen molar-refractivity contribution in [2.75, 3.05) is 0 Å². The molecule has 5 heteroatoms. The molecule has 5 nitrogen and oxygen atoms in total. The Hall–Kier alpha value is -1.88. The molecule has 0 radical (unpaired) electrons. The molecule has 0 saturated carbocycles. The van der Waals surface area contributed by atoms with Gasteiger partial charge in [0.25, 0.3) is 0 Å². The average Bonchev–Trinajstić information content (AvgIpc) is 2.36. The van der Waals surface area contributed by atoms with Gasteiger partial charge < -0.3 is 16.2 Å². The third-order valence-electron chi connectivity index (χ3n) is 4.07. The highest BCUT2D eigenvalue weighted by atomic mass is 16.4. The summed E-state index contributed by atoms with van der Waals surface area (Å²) in [7, 11) is 0. The van der Waals surface area contributed by atoms with Crippen molar-refractivity contribution < 1.29 is 14.7 Å². The fraction of sp³-hybridized carbons (Fsp3) is 0.467. The van der Waals surface area contributed by atoms with E-state index >= 15 is 0 Å². The minimum absolute atomic E-state index is 0.457.